The van der Waals surface area contributed by atoms with Gasteiger partial charge < -0.3 is 14.8 Å². The van der Waals surface area contributed by atoms with Gasteiger partial charge in [-0.05, 0) is 24.6 Å². The number of aryl methyl sites for hydroxylation is 1. The molecule has 1 aliphatic rings. The molecular formula is C19H19N5O6S. The van der Waals surface area contributed by atoms with Crippen molar-refractivity contribution in [2.75, 3.05) is 26.3 Å². The number of hydrogen-bond donors (Lipinski definition) is 2. The zero-order chi connectivity index (χ0) is 22.2. The Bertz CT molecular complexity index is 1290. The average molecular weight is 445 g/mol. The number of rotatable bonds is 5. The van der Waals surface area contributed by atoms with Gasteiger partial charge in [-0.2, -0.15) is 4.31 Å². The first kappa shape index (κ1) is 20.9. The number of sulfonamides is 1. The summed E-state index contributed by atoms with van der Waals surface area (Å²) in [5, 5.41) is 30.3. The molecule has 2 aromatic carbocycles. The highest BCUT2D eigenvalue weighted by molar-refractivity contribution is 7.89. The van der Waals surface area contributed by atoms with Crippen molar-refractivity contribution in [3.63, 3.8) is 0 Å². The molecular weight excluding hydrogens is 426 g/mol. The van der Waals surface area contributed by atoms with Gasteiger partial charge in [0.05, 0.1) is 28.5 Å². The number of nitro benzene ring substituents is 1. The highest BCUT2D eigenvalue weighted by Crippen LogP contribution is 2.39. The number of ether oxygens (including phenoxy) is 1. The third-order valence-electron chi connectivity index (χ3n) is 5.00. The van der Waals surface area contributed by atoms with E-state index >= 15 is 0 Å². The summed E-state index contributed by atoms with van der Waals surface area (Å²) >= 11 is 0. The molecule has 12 heteroatoms. The molecule has 0 spiro atoms. The van der Waals surface area contributed by atoms with E-state index in [2.05, 4.69) is 15.2 Å². The van der Waals surface area contributed by atoms with Crippen molar-refractivity contribution in [2.45, 2.75) is 11.8 Å². The fourth-order valence-electron chi connectivity index (χ4n) is 3.37. The third-order valence-corrected chi connectivity index (χ3v) is 6.90. The summed E-state index contributed by atoms with van der Waals surface area (Å²) in [6.45, 7) is 2.74. The number of H-pyrrole nitrogens is 1. The molecule has 31 heavy (non-hydrogen) atoms. The number of morpholine rings is 1. The number of para-hydroxylation sites is 1. The molecule has 0 radical (unpaired) electrons. The monoisotopic (exact) mass is 445 g/mol. The van der Waals surface area contributed by atoms with E-state index in [0.717, 1.165) is 11.6 Å². The van der Waals surface area contributed by atoms with Crippen LogP contribution in [-0.2, 0) is 14.8 Å². The number of aromatic hydroxyl groups is 1. The minimum atomic E-state index is -3.90. The highest BCUT2D eigenvalue weighted by Gasteiger charge is 2.29. The van der Waals surface area contributed by atoms with Crippen molar-refractivity contribution in [1.82, 2.24) is 9.29 Å². The Morgan fingerprint density at radius 3 is 2.65 bits per heavy atom. The van der Waals surface area contributed by atoms with Crippen LogP contribution >= 0.6 is 0 Å². The molecule has 1 saturated heterocycles. The molecule has 0 bridgehead atoms. The van der Waals surface area contributed by atoms with Gasteiger partial charge in [0.1, 0.15) is 0 Å². The maximum Gasteiger partial charge on any atom is 0.298 e. The third kappa shape index (κ3) is 3.87. The lowest BCUT2D eigenvalue weighted by Gasteiger charge is -2.25. The van der Waals surface area contributed by atoms with E-state index < -0.39 is 20.6 Å². The molecule has 1 aromatic heterocycles. The van der Waals surface area contributed by atoms with Gasteiger partial charge in [0.2, 0.25) is 15.9 Å². The first-order valence-corrected chi connectivity index (χ1v) is 10.8. The van der Waals surface area contributed by atoms with Crippen LogP contribution in [-0.4, -0.2) is 54.0 Å². The van der Waals surface area contributed by atoms with Gasteiger partial charge in [-0.3, -0.25) is 10.1 Å². The van der Waals surface area contributed by atoms with E-state index in [1.54, 1.807) is 12.1 Å². The molecule has 1 fully saturated rings. The molecule has 4 rings (SSSR count). The van der Waals surface area contributed by atoms with Crippen molar-refractivity contribution >= 4 is 38.0 Å². The molecule has 3 aromatic rings. The average Bonchev–Trinajstić information content (AvgIpc) is 3.09. The number of aromatic amines is 1. The first-order chi connectivity index (χ1) is 14.8. The summed E-state index contributed by atoms with van der Waals surface area (Å²) in [5.41, 5.74) is 1.06. The predicted molar refractivity (Wildman–Crippen MR) is 112 cm³/mol. The topological polar surface area (TPSA) is 150 Å². The summed E-state index contributed by atoms with van der Waals surface area (Å²) in [5.74, 6) is -0.220. The van der Waals surface area contributed by atoms with Gasteiger partial charge in [-0.1, -0.05) is 18.2 Å². The van der Waals surface area contributed by atoms with E-state index in [4.69, 9.17) is 4.74 Å². The SMILES string of the molecule is Cc1cccc2c(N=Nc3ccc(S(=O)(=O)N4CCOCC4)cc3[N+](=O)[O-])c(O)[nH]c12. The molecule has 11 nitrogen and oxygen atoms in total. The molecule has 0 saturated carbocycles. The van der Waals surface area contributed by atoms with Crippen LogP contribution in [0.5, 0.6) is 5.88 Å². The van der Waals surface area contributed by atoms with Crippen LogP contribution in [0.25, 0.3) is 10.9 Å². The Balaban J connectivity index is 1.72. The van der Waals surface area contributed by atoms with Gasteiger partial charge in [0.15, 0.2) is 11.4 Å². The zero-order valence-corrected chi connectivity index (χ0v) is 17.3. The minimum absolute atomic E-state index is 0.132. The second-order valence-electron chi connectivity index (χ2n) is 6.94. The van der Waals surface area contributed by atoms with Crippen LogP contribution in [0.2, 0.25) is 0 Å². The maximum absolute atomic E-state index is 12.8. The first-order valence-electron chi connectivity index (χ1n) is 9.37. The van der Waals surface area contributed by atoms with Crippen LogP contribution < -0.4 is 0 Å². The Labute approximate surface area is 177 Å². The summed E-state index contributed by atoms with van der Waals surface area (Å²) in [6, 6.07) is 8.84. The lowest BCUT2D eigenvalue weighted by Crippen LogP contribution is -2.40. The van der Waals surface area contributed by atoms with Crippen LogP contribution in [0, 0.1) is 17.0 Å². The number of nitrogens with one attached hydrogen (secondary N) is 1. The van der Waals surface area contributed by atoms with Crippen molar-refractivity contribution in [3.05, 3.63) is 52.1 Å². The molecule has 0 unspecified atom stereocenters. The number of nitrogens with zero attached hydrogens (tertiary/aromatic N) is 4. The smallest absolute Gasteiger partial charge is 0.298 e. The number of hydrogen-bond acceptors (Lipinski definition) is 8. The molecule has 2 heterocycles. The van der Waals surface area contributed by atoms with Crippen LogP contribution in [0.4, 0.5) is 17.1 Å². The van der Waals surface area contributed by atoms with Crippen molar-refractivity contribution < 1.29 is 23.2 Å². The number of benzene rings is 2. The Hall–Kier alpha value is -3.35. The molecule has 2 N–H and O–H groups in total. The Kier molecular flexibility index (Phi) is 5.43. The number of nitro groups is 1. The van der Waals surface area contributed by atoms with Gasteiger partial charge in [-0.15, -0.1) is 10.2 Å². The van der Waals surface area contributed by atoms with Gasteiger partial charge in [0.25, 0.3) is 5.69 Å². The Morgan fingerprint density at radius 2 is 1.94 bits per heavy atom. The second-order valence-corrected chi connectivity index (χ2v) is 8.88. The molecule has 0 atom stereocenters. The number of fused-ring (bicyclic) bond motifs is 1. The Morgan fingerprint density at radius 1 is 1.19 bits per heavy atom. The van der Waals surface area contributed by atoms with E-state index in [1.165, 1.54) is 16.4 Å². The van der Waals surface area contributed by atoms with Crippen molar-refractivity contribution in [2.24, 2.45) is 10.2 Å². The largest absolute Gasteiger partial charge is 0.493 e. The fourth-order valence-corrected chi connectivity index (χ4v) is 4.80. The summed E-state index contributed by atoms with van der Waals surface area (Å²) in [7, 11) is -3.90. The second kappa shape index (κ2) is 8.06. The molecule has 162 valence electrons. The van der Waals surface area contributed by atoms with Crippen LogP contribution in [0.3, 0.4) is 0 Å². The lowest BCUT2D eigenvalue weighted by molar-refractivity contribution is -0.384. The molecule has 0 amide bonds. The van der Waals surface area contributed by atoms with E-state index in [9.17, 15) is 23.6 Å². The van der Waals surface area contributed by atoms with E-state index in [1.807, 2.05) is 13.0 Å². The number of azo groups is 1. The van der Waals surface area contributed by atoms with Crippen LogP contribution in [0.1, 0.15) is 5.56 Å². The lowest BCUT2D eigenvalue weighted by atomic mass is 10.1. The van der Waals surface area contributed by atoms with Crippen molar-refractivity contribution in [1.29, 1.82) is 0 Å². The standard InChI is InChI=1S/C19H19N5O6S/c1-12-3-2-4-14-17(12)20-19(25)18(14)22-21-15-6-5-13(11-16(15)24(26)27)31(28,29)23-7-9-30-10-8-23/h2-6,11,20,25H,7-10H2,1H3. The molecule has 1 aliphatic heterocycles. The number of aromatic nitrogens is 1. The maximum atomic E-state index is 12.8. The normalized spacial score (nSPS) is 15.6. The molecule has 0 aliphatic carbocycles. The summed E-state index contributed by atoms with van der Waals surface area (Å²) in [6.07, 6.45) is 0. The van der Waals surface area contributed by atoms with Crippen LogP contribution in [0.15, 0.2) is 51.5 Å². The summed E-state index contributed by atoms with van der Waals surface area (Å²) in [4.78, 5) is 13.5. The van der Waals surface area contributed by atoms with Gasteiger partial charge >= 0.3 is 0 Å². The van der Waals surface area contributed by atoms with Gasteiger partial charge in [0, 0.05) is 24.5 Å². The van der Waals surface area contributed by atoms with Gasteiger partial charge in [-0.25, -0.2) is 8.42 Å². The zero-order valence-electron chi connectivity index (χ0n) is 16.5. The predicted octanol–water partition coefficient (Wildman–Crippen LogP) is 3.53. The van der Waals surface area contributed by atoms with Crippen molar-refractivity contribution in [3.8, 4) is 5.88 Å². The highest BCUT2D eigenvalue weighted by atomic mass is 32.2. The fraction of sp³-hybridized carbons (Fsp3) is 0.263. The van der Waals surface area contributed by atoms with E-state index in [0.29, 0.717) is 10.9 Å². The summed E-state index contributed by atoms with van der Waals surface area (Å²) < 4.78 is 32.0. The quantitative estimate of drug-likeness (QED) is 0.348. The van der Waals surface area contributed by atoms with E-state index in [-0.39, 0.29) is 48.5 Å². The minimum Gasteiger partial charge on any atom is -0.493 e.